The van der Waals surface area contributed by atoms with Gasteiger partial charge in [0.05, 0.1) is 0 Å². The molecular weight excluding hydrogens is 280 g/mol. The molecule has 3 heteroatoms. The van der Waals surface area contributed by atoms with Gasteiger partial charge in [0.1, 0.15) is 0 Å². The summed E-state index contributed by atoms with van der Waals surface area (Å²) < 4.78 is 0. The van der Waals surface area contributed by atoms with Gasteiger partial charge in [-0.1, -0.05) is 41.9 Å². The average molecular weight is 301 g/mol. The molecule has 1 N–H and O–H groups in total. The van der Waals surface area contributed by atoms with E-state index in [-0.39, 0.29) is 0 Å². The molecule has 0 saturated heterocycles. The molecule has 2 aromatic rings. The van der Waals surface area contributed by atoms with Crippen molar-refractivity contribution in [3.8, 4) is 0 Å². The van der Waals surface area contributed by atoms with E-state index in [1.807, 2.05) is 18.2 Å². The van der Waals surface area contributed by atoms with E-state index in [9.17, 15) is 0 Å². The fourth-order valence-electron chi connectivity index (χ4n) is 2.93. The van der Waals surface area contributed by atoms with E-state index in [2.05, 4.69) is 41.5 Å². The summed E-state index contributed by atoms with van der Waals surface area (Å²) in [4.78, 5) is 2.35. The van der Waals surface area contributed by atoms with Crippen molar-refractivity contribution in [3.05, 3.63) is 64.2 Å². The van der Waals surface area contributed by atoms with E-state index in [0.29, 0.717) is 0 Å². The van der Waals surface area contributed by atoms with Gasteiger partial charge < -0.3 is 10.2 Å². The topological polar surface area (TPSA) is 15.3 Å². The van der Waals surface area contributed by atoms with Crippen LogP contribution in [0.15, 0.2) is 42.5 Å². The van der Waals surface area contributed by atoms with Crippen LogP contribution in [0.5, 0.6) is 0 Å². The van der Waals surface area contributed by atoms with Crippen molar-refractivity contribution in [3.63, 3.8) is 0 Å². The molecule has 0 unspecified atom stereocenters. The first-order valence-electron chi connectivity index (χ1n) is 7.51. The van der Waals surface area contributed by atoms with Gasteiger partial charge in [0, 0.05) is 37.4 Å². The lowest BCUT2D eigenvalue weighted by Gasteiger charge is -2.27. The van der Waals surface area contributed by atoms with Crippen LogP contribution in [0, 0.1) is 0 Å². The van der Waals surface area contributed by atoms with Gasteiger partial charge in [-0.05, 0) is 41.7 Å². The van der Waals surface area contributed by atoms with Crippen LogP contribution >= 0.6 is 11.6 Å². The van der Waals surface area contributed by atoms with E-state index in [4.69, 9.17) is 11.6 Å². The molecule has 0 radical (unpaired) electrons. The van der Waals surface area contributed by atoms with E-state index < -0.39 is 0 Å². The van der Waals surface area contributed by atoms with E-state index >= 15 is 0 Å². The molecule has 21 heavy (non-hydrogen) atoms. The average Bonchev–Trinajstić information content (AvgIpc) is 2.49. The highest BCUT2D eigenvalue weighted by Crippen LogP contribution is 2.26. The van der Waals surface area contributed by atoms with Gasteiger partial charge in [-0.2, -0.15) is 0 Å². The van der Waals surface area contributed by atoms with Gasteiger partial charge in [-0.25, -0.2) is 0 Å². The Morgan fingerprint density at radius 1 is 1.14 bits per heavy atom. The minimum absolute atomic E-state index is 0.802. The van der Waals surface area contributed by atoms with Crippen LogP contribution in [0.2, 0.25) is 5.02 Å². The summed E-state index contributed by atoms with van der Waals surface area (Å²) in [6.07, 6.45) is 2.44. The van der Waals surface area contributed by atoms with Crippen molar-refractivity contribution in [2.45, 2.75) is 25.9 Å². The van der Waals surface area contributed by atoms with Gasteiger partial charge in [-0.15, -0.1) is 0 Å². The summed E-state index contributed by atoms with van der Waals surface area (Å²) in [5.74, 6) is 0. The largest absolute Gasteiger partial charge is 0.374 e. The molecule has 0 bridgehead atoms. The van der Waals surface area contributed by atoms with Gasteiger partial charge in [0.15, 0.2) is 0 Å². The van der Waals surface area contributed by atoms with Crippen LogP contribution in [0.25, 0.3) is 0 Å². The molecule has 0 fully saturated rings. The lowest BCUT2D eigenvalue weighted by atomic mass is 9.99. The van der Waals surface area contributed by atoms with Crippen molar-refractivity contribution in [2.24, 2.45) is 0 Å². The summed E-state index contributed by atoms with van der Waals surface area (Å²) in [5.41, 5.74) is 5.35. The third kappa shape index (κ3) is 3.39. The molecule has 3 rings (SSSR count). The normalized spacial score (nSPS) is 14.1. The number of nitrogens with one attached hydrogen (secondary N) is 1. The molecule has 1 aliphatic rings. The molecule has 0 aromatic heterocycles. The zero-order valence-corrected chi connectivity index (χ0v) is 13.2. The predicted octanol–water partition coefficient (Wildman–Crippen LogP) is 4.01. The monoisotopic (exact) mass is 300 g/mol. The minimum Gasteiger partial charge on any atom is -0.374 e. The van der Waals surface area contributed by atoms with Gasteiger partial charge in [0.2, 0.25) is 0 Å². The molecule has 110 valence electrons. The van der Waals surface area contributed by atoms with E-state index in [1.165, 1.54) is 29.7 Å². The zero-order valence-electron chi connectivity index (χ0n) is 12.4. The fourth-order valence-corrected chi connectivity index (χ4v) is 3.13. The quantitative estimate of drug-likeness (QED) is 0.918. The van der Waals surface area contributed by atoms with Gasteiger partial charge in [-0.3, -0.25) is 0 Å². The molecular formula is C18H21ClN2. The number of rotatable bonds is 4. The van der Waals surface area contributed by atoms with Crippen molar-refractivity contribution in [1.82, 2.24) is 5.32 Å². The van der Waals surface area contributed by atoms with Crippen molar-refractivity contribution in [2.75, 3.05) is 18.5 Å². The zero-order chi connectivity index (χ0) is 14.7. The highest BCUT2D eigenvalue weighted by Gasteiger charge is 2.13. The molecule has 1 heterocycles. The van der Waals surface area contributed by atoms with Crippen LogP contribution in [0.4, 0.5) is 5.69 Å². The Morgan fingerprint density at radius 3 is 2.86 bits per heavy atom. The summed E-state index contributed by atoms with van der Waals surface area (Å²) in [7, 11) is 2.17. The van der Waals surface area contributed by atoms with Crippen LogP contribution in [0.1, 0.15) is 23.1 Å². The van der Waals surface area contributed by atoms with E-state index in [0.717, 1.165) is 30.2 Å². The number of benzene rings is 2. The Hall–Kier alpha value is -1.51. The summed E-state index contributed by atoms with van der Waals surface area (Å²) in [6, 6.07) is 14.8. The van der Waals surface area contributed by atoms with Gasteiger partial charge in [0.25, 0.3) is 0 Å². The van der Waals surface area contributed by atoms with E-state index in [1.54, 1.807) is 0 Å². The Balaban J connectivity index is 1.62. The first-order chi connectivity index (χ1) is 10.2. The number of hydrogen-bond acceptors (Lipinski definition) is 2. The highest BCUT2D eigenvalue weighted by molar-refractivity contribution is 6.31. The summed E-state index contributed by atoms with van der Waals surface area (Å²) >= 11 is 6.17. The number of aryl methyl sites for hydroxylation is 1. The molecule has 2 aromatic carbocycles. The Kier molecular flexibility index (Phi) is 4.47. The second kappa shape index (κ2) is 6.50. The van der Waals surface area contributed by atoms with Crippen LogP contribution in [0.3, 0.4) is 0 Å². The molecule has 0 spiro atoms. The Labute approximate surface area is 131 Å². The first kappa shape index (κ1) is 14.4. The SMILES string of the molecule is CN1CCCc2cc(CNCc3ccccc3Cl)ccc21. The lowest BCUT2D eigenvalue weighted by Crippen LogP contribution is -2.24. The number of hydrogen-bond donors (Lipinski definition) is 1. The van der Waals surface area contributed by atoms with Crippen LogP contribution < -0.4 is 10.2 Å². The smallest absolute Gasteiger partial charge is 0.0450 e. The molecule has 1 aliphatic heterocycles. The first-order valence-corrected chi connectivity index (χ1v) is 7.89. The van der Waals surface area contributed by atoms with Crippen LogP contribution in [-0.2, 0) is 19.5 Å². The Bertz CT molecular complexity index is 624. The van der Waals surface area contributed by atoms with Crippen molar-refractivity contribution >= 4 is 17.3 Å². The maximum Gasteiger partial charge on any atom is 0.0450 e. The van der Waals surface area contributed by atoms with Crippen molar-refractivity contribution < 1.29 is 0 Å². The lowest BCUT2D eigenvalue weighted by molar-refractivity contribution is 0.689. The number of anilines is 1. The standard InChI is InChI=1S/C18H21ClN2/c1-21-10-4-6-15-11-14(8-9-18(15)21)12-20-13-16-5-2-3-7-17(16)19/h2-3,5,7-9,11,20H,4,6,10,12-13H2,1H3. The molecule has 0 atom stereocenters. The number of nitrogens with zero attached hydrogens (tertiary/aromatic N) is 1. The minimum atomic E-state index is 0.802. The highest BCUT2D eigenvalue weighted by atomic mass is 35.5. The second-order valence-corrected chi connectivity index (χ2v) is 6.09. The Morgan fingerprint density at radius 2 is 2.00 bits per heavy atom. The van der Waals surface area contributed by atoms with Crippen LogP contribution in [-0.4, -0.2) is 13.6 Å². The summed E-state index contributed by atoms with van der Waals surface area (Å²) in [5, 5.41) is 4.31. The van der Waals surface area contributed by atoms with Gasteiger partial charge >= 0.3 is 0 Å². The fraction of sp³-hybridized carbons (Fsp3) is 0.333. The maximum atomic E-state index is 6.17. The molecule has 0 aliphatic carbocycles. The predicted molar refractivity (Wildman–Crippen MR) is 90.0 cm³/mol. The second-order valence-electron chi connectivity index (χ2n) is 5.68. The number of halogens is 1. The van der Waals surface area contributed by atoms with Crippen molar-refractivity contribution in [1.29, 1.82) is 0 Å². The molecule has 0 saturated carbocycles. The molecule has 2 nitrogen and oxygen atoms in total. The maximum absolute atomic E-state index is 6.17. The number of fused-ring (bicyclic) bond motifs is 1. The molecule has 0 amide bonds. The third-order valence-corrected chi connectivity index (χ3v) is 4.47. The summed E-state index contributed by atoms with van der Waals surface area (Å²) in [6.45, 7) is 2.84. The third-order valence-electron chi connectivity index (χ3n) is 4.10.